The highest BCUT2D eigenvalue weighted by Crippen LogP contribution is 2.26. The minimum Gasteiger partial charge on any atom is -0.483 e. The van der Waals surface area contributed by atoms with Gasteiger partial charge in [-0.25, -0.2) is 0 Å². The van der Waals surface area contributed by atoms with Crippen molar-refractivity contribution in [3.63, 3.8) is 0 Å². The number of nitrogens with zero attached hydrogens (tertiary/aromatic N) is 1. The molecule has 1 aromatic rings. The molecule has 0 aromatic heterocycles. The van der Waals surface area contributed by atoms with Gasteiger partial charge in [0, 0.05) is 12.2 Å². The molecule has 120 valence electrons. The number of benzene rings is 1. The second kappa shape index (κ2) is 8.02. The van der Waals surface area contributed by atoms with E-state index in [2.05, 4.69) is 5.32 Å². The summed E-state index contributed by atoms with van der Waals surface area (Å²) in [5, 5.41) is 17.6. The van der Waals surface area contributed by atoms with Gasteiger partial charge >= 0.3 is 0 Å². The molecule has 0 fully saturated rings. The third kappa shape index (κ3) is 3.97. The molecule has 1 aliphatic heterocycles. The molecule has 5 N–H and O–H groups in total. The summed E-state index contributed by atoms with van der Waals surface area (Å²) in [5.41, 5.74) is 7.46. The van der Waals surface area contributed by atoms with E-state index in [0.29, 0.717) is 6.54 Å². The molecule has 0 saturated heterocycles. The van der Waals surface area contributed by atoms with Crippen molar-refractivity contribution in [1.29, 1.82) is 5.41 Å². The van der Waals surface area contributed by atoms with Gasteiger partial charge in [-0.15, -0.1) is 0 Å². The van der Waals surface area contributed by atoms with Gasteiger partial charge in [-0.2, -0.15) is 0 Å². The summed E-state index contributed by atoms with van der Waals surface area (Å²) in [7, 11) is 0. The van der Waals surface area contributed by atoms with Crippen LogP contribution in [0.3, 0.4) is 0 Å². The Balaban J connectivity index is 0.000000745. The van der Waals surface area contributed by atoms with Crippen molar-refractivity contribution >= 4 is 24.0 Å². The second-order valence-electron chi connectivity index (χ2n) is 5.10. The number of carbonyl (C=O) groups excluding carboxylic acids is 1. The standard InChI is InChI=1S/C14H20N4O.CH2O2/c1-3-9(2)12-13(19)17-11-7-5-4-6-10(11)8-18(12)14(15)16;2-1-3/h4-7,9,12H,3,8H2,1-2H3,(H3,15,16)(H,17,19);1H,(H,2,3)/t9-,12-;/m0./s1. The Hall–Kier alpha value is -2.57. The first-order chi connectivity index (χ1) is 10.5. The van der Waals surface area contributed by atoms with Crippen LogP contribution < -0.4 is 11.1 Å². The summed E-state index contributed by atoms with van der Waals surface area (Å²) in [6.07, 6.45) is 0.859. The van der Waals surface area contributed by atoms with E-state index in [1.54, 1.807) is 4.90 Å². The zero-order chi connectivity index (χ0) is 16.7. The highest BCUT2D eigenvalue weighted by Gasteiger charge is 2.34. The lowest BCUT2D eigenvalue weighted by atomic mass is 9.97. The molecule has 2 atom stereocenters. The predicted octanol–water partition coefficient (Wildman–Crippen LogP) is 1.45. The van der Waals surface area contributed by atoms with E-state index in [0.717, 1.165) is 17.7 Å². The summed E-state index contributed by atoms with van der Waals surface area (Å²) in [4.78, 5) is 22.4. The Bertz CT molecular complexity index is 547. The first-order valence-corrected chi connectivity index (χ1v) is 7.03. The van der Waals surface area contributed by atoms with E-state index in [4.69, 9.17) is 21.0 Å². The number of carbonyl (C=O) groups is 2. The molecule has 2 rings (SSSR count). The Morgan fingerprint density at radius 3 is 2.73 bits per heavy atom. The van der Waals surface area contributed by atoms with Gasteiger partial charge in [0.2, 0.25) is 5.91 Å². The van der Waals surface area contributed by atoms with Crippen molar-refractivity contribution in [1.82, 2.24) is 4.90 Å². The number of carboxylic acid groups (broad SMARTS) is 1. The number of guanidine groups is 1. The molecule has 0 aliphatic carbocycles. The molecule has 22 heavy (non-hydrogen) atoms. The van der Waals surface area contributed by atoms with Crippen LogP contribution in [0.1, 0.15) is 25.8 Å². The first-order valence-electron chi connectivity index (χ1n) is 7.03. The normalized spacial score (nSPS) is 18.0. The number of nitrogens with two attached hydrogens (primary N) is 1. The van der Waals surface area contributed by atoms with Crippen LogP contribution in [0.4, 0.5) is 5.69 Å². The fourth-order valence-electron chi connectivity index (χ4n) is 2.43. The van der Waals surface area contributed by atoms with Gasteiger partial charge in [-0.1, -0.05) is 38.5 Å². The van der Waals surface area contributed by atoms with Gasteiger partial charge in [-0.3, -0.25) is 15.0 Å². The smallest absolute Gasteiger partial charge is 0.290 e. The van der Waals surface area contributed by atoms with Gasteiger partial charge in [0.15, 0.2) is 5.96 Å². The van der Waals surface area contributed by atoms with E-state index in [-0.39, 0.29) is 24.3 Å². The maximum atomic E-state index is 12.4. The number of para-hydroxylation sites is 1. The lowest BCUT2D eigenvalue weighted by molar-refractivity contribution is -0.123. The third-order valence-corrected chi connectivity index (χ3v) is 3.71. The highest BCUT2D eigenvalue weighted by molar-refractivity contribution is 5.98. The van der Waals surface area contributed by atoms with Crippen LogP contribution in [0.25, 0.3) is 0 Å². The van der Waals surface area contributed by atoms with Crippen LogP contribution in [-0.2, 0) is 16.1 Å². The van der Waals surface area contributed by atoms with Gasteiger partial charge in [0.1, 0.15) is 6.04 Å². The first kappa shape index (κ1) is 17.5. The quantitative estimate of drug-likeness (QED) is 0.374. The van der Waals surface area contributed by atoms with Crippen LogP contribution in [0.5, 0.6) is 0 Å². The molecule has 0 unspecified atom stereocenters. The number of nitrogens with one attached hydrogen (secondary N) is 2. The summed E-state index contributed by atoms with van der Waals surface area (Å²) in [6.45, 7) is 4.28. The minimum absolute atomic E-state index is 0.0582. The van der Waals surface area contributed by atoms with E-state index >= 15 is 0 Å². The van der Waals surface area contributed by atoms with Crippen molar-refractivity contribution in [3.8, 4) is 0 Å². The fraction of sp³-hybridized carbons (Fsp3) is 0.400. The Morgan fingerprint density at radius 1 is 1.59 bits per heavy atom. The number of hydrogen-bond donors (Lipinski definition) is 4. The molecule has 0 spiro atoms. The molecular weight excluding hydrogens is 284 g/mol. The van der Waals surface area contributed by atoms with E-state index in [1.165, 1.54) is 0 Å². The molecule has 7 nitrogen and oxygen atoms in total. The predicted molar refractivity (Wildman–Crippen MR) is 84.5 cm³/mol. The zero-order valence-corrected chi connectivity index (χ0v) is 12.7. The molecule has 1 aromatic carbocycles. The second-order valence-corrected chi connectivity index (χ2v) is 5.10. The van der Waals surface area contributed by atoms with Gasteiger partial charge < -0.3 is 21.1 Å². The Morgan fingerprint density at radius 2 is 2.18 bits per heavy atom. The van der Waals surface area contributed by atoms with Crippen molar-refractivity contribution in [3.05, 3.63) is 29.8 Å². The van der Waals surface area contributed by atoms with Crippen molar-refractivity contribution in [2.75, 3.05) is 5.32 Å². The van der Waals surface area contributed by atoms with Gasteiger partial charge in [0.05, 0.1) is 0 Å². The average molecular weight is 306 g/mol. The highest BCUT2D eigenvalue weighted by atomic mass is 16.3. The van der Waals surface area contributed by atoms with Crippen molar-refractivity contribution in [2.45, 2.75) is 32.9 Å². The minimum atomic E-state index is -0.394. The van der Waals surface area contributed by atoms with E-state index in [1.807, 2.05) is 38.1 Å². The average Bonchev–Trinajstić information content (AvgIpc) is 2.63. The van der Waals surface area contributed by atoms with Crippen molar-refractivity contribution < 1.29 is 14.7 Å². The lowest BCUT2D eigenvalue weighted by Crippen LogP contribution is -2.51. The van der Waals surface area contributed by atoms with Gasteiger partial charge in [-0.05, 0) is 17.5 Å². The summed E-state index contributed by atoms with van der Waals surface area (Å²) in [5.74, 6) is -0.00938. The van der Waals surface area contributed by atoms with Crippen LogP contribution in [0, 0.1) is 11.3 Å². The number of amides is 1. The van der Waals surface area contributed by atoms with Gasteiger partial charge in [0.25, 0.3) is 6.47 Å². The largest absolute Gasteiger partial charge is 0.483 e. The van der Waals surface area contributed by atoms with Crippen LogP contribution in [0.2, 0.25) is 0 Å². The monoisotopic (exact) mass is 306 g/mol. The maximum absolute atomic E-state index is 12.4. The maximum Gasteiger partial charge on any atom is 0.290 e. The Labute approximate surface area is 129 Å². The third-order valence-electron chi connectivity index (χ3n) is 3.71. The topological polar surface area (TPSA) is 120 Å². The molecule has 0 radical (unpaired) electrons. The molecule has 1 heterocycles. The van der Waals surface area contributed by atoms with Crippen LogP contribution in [-0.4, -0.2) is 34.4 Å². The molecule has 1 amide bonds. The fourth-order valence-corrected chi connectivity index (χ4v) is 2.43. The molecule has 7 heteroatoms. The molecule has 0 saturated carbocycles. The SMILES string of the molecule is CC[C@H](C)[C@H]1C(=O)Nc2ccccc2CN1C(=N)N.O=CO. The van der Waals surface area contributed by atoms with E-state index < -0.39 is 6.04 Å². The summed E-state index contributed by atoms with van der Waals surface area (Å²) >= 11 is 0. The van der Waals surface area contributed by atoms with E-state index in [9.17, 15) is 4.79 Å². The zero-order valence-electron chi connectivity index (χ0n) is 12.7. The van der Waals surface area contributed by atoms with Crippen molar-refractivity contribution in [2.24, 2.45) is 11.7 Å². The summed E-state index contributed by atoms with van der Waals surface area (Å²) in [6, 6.07) is 7.25. The van der Waals surface area contributed by atoms with Crippen LogP contribution >= 0.6 is 0 Å². The number of fused-ring (bicyclic) bond motifs is 1. The number of anilines is 1. The molecular formula is C15H22N4O3. The number of rotatable bonds is 2. The molecule has 0 bridgehead atoms. The lowest BCUT2D eigenvalue weighted by Gasteiger charge is -2.32. The number of hydrogen-bond acceptors (Lipinski definition) is 3. The Kier molecular flexibility index (Phi) is 6.37. The van der Waals surface area contributed by atoms with Crippen LogP contribution in [0.15, 0.2) is 24.3 Å². The summed E-state index contributed by atoms with van der Waals surface area (Å²) < 4.78 is 0. The molecule has 1 aliphatic rings.